The summed E-state index contributed by atoms with van der Waals surface area (Å²) in [6.45, 7) is 98.3. The maximum absolute atomic E-state index is 12.5. The van der Waals surface area contributed by atoms with E-state index in [1.807, 2.05) is 0 Å². The zero-order valence-corrected chi connectivity index (χ0v) is 93.1. The highest BCUT2D eigenvalue weighted by Gasteiger charge is 2.56. The number of amides is 1. The Labute approximate surface area is 769 Å². The van der Waals surface area contributed by atoms with Crippen LogP contribution in [0.4, 0.5) is 0 Å². The van der Waals surface area contributed by atoms with Gasteiger partial charge >= 0.3 is 0 Å². The molecule has 9 fully saturated rings. The zero-order valence-electron chi connectivity index (χ0n) is 87.1. The van der Waals surface area contributed by atoms with Crippen LogP contribution in [-0.4, -0.2) is 131 Å². The van der Waals surface area contributed by atoms with Crippen LogP contribution in [0.3, 0.4) is 0 Å². The lowest BCUT2D eigenvalue weighted by Gasteiger charge is -2.45. The van der Waals surface area contributed by atoms with Crippen molar-refractivity contribution < 1.29 is 45.7 Å². The molecule has 0 N–H and O–H groups in total. The van der Waals surface area contributed by atoms with Gasteiger partial charge in [0, 0.05) is 45.3 Å². The molecule has 0 aromatic heterocycles. The summed E-state index contributed by atoms with van der Waals surface area (Å²) in [4.78, 5) is 37.5. The van der Waals surface area contributed by atoms with Gasteiger partial charge in [0.25, 0.3) is 0 Å². The minimum Gasteiger partial charge on any atom is -0.413 e. The van der Waals surface area contributed by atoms with Crippen molar-refractivity contribution >= 4 is 68.4 Å². The standard InChI is InChI=1S/C39H69NO4Si2.2C34H60O3Si2/c1-28(18-23-36(41)40(10)27-42-11)33-21-22-34-30(17-16-24-39(33,34)9)19-20-31-25-32(43-45(12,13)37(3,4)5)26-35(29(31)2)44-46(14,15)38(6,7)8;2*1-24(23-35)29-18-19-30-26(15-14-20-34(29,30)9)16-17-27-21-28(36-38(10,11)32(3,4)5)22-31(25(27)2)37-39(12,13)33(6,7)8/h18-20,23,28,32-35H,2,16-17,21-22,24-27H2,1,3-15H3;2*16-17,23-24,28-31H,2,14-15,18-22H2,1,3-13H3/b23-18+,30-19+,31-20-;26-16+,27-17+;26-16+,27-17-/t28-,32+,33+,34-,35-,39+;2*24-,28+,29+,30-,31-,34+/m000/s1. The molecule has 17 heteroatoms. The largest absolute Gasteiger partial charge is 0.413 e. The van der Waals surface area contributed by atoms with E-state index in [1.165, 1.54) is 126 Å². The first-order valence-electron chi connectivity index (χ1n) is 49.2. The van der Waals surface area contributed by atoms with Crippen molar-refractivity contribution in [3.8, 4) is 0 Å². The lowest BCUT2D eigenvalue weighted by Crippen LogP contribution is -2.49. The maximum atomic E-state index is 12.5. The molecular formula is C107H189NO10Si6. The van der Waals surface area contributed by atoms with E-state index in [1.54, 1.807) is 41.9 Å². The molecule has 0 aliphatic heterocycles. The van der Waals surface area contributed by atoms with Crippen LogP contribution >= 0.6 is 0 Å². The molecule has 706 valence electrons. The number of rotatable bonds is 24. The van der Waals surface area contributed by atoms with Gasteiger partial charge in [-0.1, -0.05) is 245 Å². The van der Waals surface area contributed by atoms with E-state index in [-0.39, 0.29) is 101 Å². The van der Waals surface area contributed by atoms with Crippen LogP contribution in [0.15, 0.2) is 119 Å². The number of carbonyl (C=O) groups is 3. The van der Waals surface area contributed by atoms with Crippen LogP contribution < -0.4 is 0 Å². The number of hydrogen-bond donors (Lipinski definition) is 0. The van der Waals surface area contributed by atoms with Crippen LogP contribution in [0.5, 0.6) is 0 Å². The van der Waals surface area contributed by atoms with Gasteiger partial charge < -0.3 is 45.8 Å². The number of carbonyl (C=O) groups excluding carboxylic acids is 3. The fourth-order valence-corrected chi connectivity index (χ4v) is 29.7. The molecule has 0 saturated heterocycles. The molecule has 124 heavy (non-hydrogen) atoms. The molecule has 0 bridgehead atoms. The van der Waals surface area contributed by atoms with E-state index in [4.69, 9.17) is 31.3 Å². The fourth-order valence-electron chi connectivity index (χ4n) is 21.7. The summed E-state index contributed by atoms with van der Waals surface area (Å²) in [5.41, 5.74) is 12.9. The quantitative estimate of drug-likeness (QED) is 0.0400. The molecule has 0 radical (unpaired) electrons. The molecule has 1 amide bonds. The Hall–Kier alpha value is -2.77. The summed E-state index contributed by atoms with van der Waals surface area (Å²) in [6.07, 6.45) is 44.8. The van der Waals surface area contributed by atoms with Gasteiger partial charge in [0.15, 0.2) is 49.9 Å². The van der Waals surface area contributed by atoms with Gasteiger partial charge in [-0.25, -0.2) is 0 Å². The first kappa shape index (κ1) is 108. The first-order valence-corrected chi connectivity index (χ1v) is 66.6. The molecule has 0 heterocycles. The number of nitrogens with zero attached hydrogens (tertiary/aromatic N) is 1. The molecule has 18 atom stereocenters. The number of aldehydes is 2. The van der Waals surface area contributed by atoms with E-state index < -0.39 is 49.9 Å². The van der Waals surface area contributed by atoms with Crippen LogP contribution in [0.1, 0.15) is 301 Å². The second kappa shape index (κ2) is 41.0. The van der Waals surface area contributed by atoms with Crippen LogP contribution in [0.2, 0.25) is 109 Å². The summed E-state index contributed by atoms with van der Waals surface area (Å²) in [6, 6.07) is 0. The van der Waals surface area contributed by atoms with Gasteiger partial charge in [-0.3, -0.25) is 4.79 Å². The molecule has 9 rings (SSSR count). The highest BCUT2D eigenvalue weighted by atomic mass is 28.4. The van der Waals surface area contributed by atoms with Gasteiger partial charge in [-0.15, -0.1) is 0 Å². The molecular weight excluding hydrogens is 1630 g/mol. The third-order valence-electron chi connectivity index (χ3n) is 35.9. The summed E-state index contributed by atoms with van der Waals surface area (Å²) >= 11 is 0. The molecule has 9 aliphatic carbocycles. The molecule has 9 saturated carbocycles. The van der Waals surface area contributed by atoms with E-state index >= 15 is 0 Å². The van der Waals surface area contributed by atoms with Crippen molar-refractivity contribution in [1.29, 1.82) is 0 Å². The zero-order chi connectivity index (χ0) is 94.1. The highest BCUT2D eigenvalue weighted by molar-refractivity contribution is 6.76. The number of likely N-dealkylation sites (N-methyl/N-ethyl adjacent to an activating group) is 1. The lowest BCUT2D eigenvalue weighted by atomic mass is 9.61. The number of fused-ring (bicyclic) bond motifs is 3. The average Bonchev–Trinajstić information content (AvgIpc) is 1.59. The summed E-state index contributed by atoms with van der Waals surface area (Å²) < 4.78 is 47.4. The lowest BCUT2D eigenvalue weighted by molar-refractivity contribution is -0.128. The van der Waals surface area contributed by atoms with E-state index in [0.717, 1.165) is 55.2 Å². The van der Waals surface area contributed by atoms with Crippen molar-refractivity contribution in [2.75, 3.05) is 20.9 Å². The summed E-state index contributed by atoms with van der Waals surface area (Å²) in [7, 11) is -8.32. The third kappa shape index (κ3) is 25.4. The number of allylic oxidation sites excluding steroid dienone is 10. The third-order valence-corrected chi connectivity index (χ3v) is 63.0. The Morgan fingerprint density at radius 2 is 0.645 bits per heavy atom. The second-order valence-electron chi connectivity index (χ2n) is 50.7. The Kier molecular flexibility index (Phi) is 35.8. The van der Waals surface area contributed by atoms with Gasteiger partial charge in [0.05, 0.1) is 36.6 Å². The van der Waals surface area contributed by atoms with E-state index in [0.29, 0.717) is 48.2 Å². The predicted octanol–water partition coefficient (Wildman–Crippen LogP) is 30.5. The van der Waals surface area contributed by atoms with Crippen molar-refractivity contribution in [3.63, 3.8) is 0 Å². The molecule has 0 aromatic carbocycles. The Balaban J connectivity index is 0.000000257. The molecule has 0 unspecified atom stereocenters. The van der Waals surface area contributed by atoms with Gasteiger partial charge in [-0.2, -0.15) is 0 Å². The molecule has 11 nitrogen and oxygen atoms in total. The SMILES string of the molecule is C=C1/C(=C/C=C2\CCC[C@]3(C)[C@@H]([C@@H](C)C=O)CC[C@@H]23)C[C@@H](O[Si](C)(C)C(C)(C)C)C[C@@H]1O[Si](C)(C)C(C)(C)C.C=C1/C(=C\C=C2/CCC[C@]3(C)[C@@H]([C@@H](C)/C=C/C(=O)N(C)COC)CC[C@@H]23)C[C@@H](O[Si](C)(C)C(C)(C)C)C[C@@H]1O[Si](C)(C)C(C)(C)C.C=C1/C(=C\C=C2/CCC[C@]3(C)[C@@H]([C@@H](C)C=O)CC[C@@H]23)C[C@@H](O[Si](C)(C)C(C)(C)C)C[C@@H]1O[Si](C)(C)C(C)(C)C. The maximum Gasteiger partial charge on any atom is 0.247 e. The molecule has 0 aromatic rings. The van der Waals surface area contributed by atoms with Crippen LogP contribution in [-0.2, 0) is 45.7 Å². The molecule has 9 aliphatic rings. The Morgan fingerprint density at radius 3 is 0.879 bits per heavy atom. The van der Waals surface area contributed by atoms with Crippen LogP contribution in [0.25, 0.3) is 0 Å². The minimum absolute atomic E-state index is 0.000163. The number of methoxy groups -OCH3 is 1. The second-order valence-corrected chi connectivity index (χ2v) is 79.3. The fraction of sp³-hybridized carbons (Fsp3) is 0.785. The topological polar surface area (TPSA) is 119 Å². The van der Waals surface area contributed by atoms with Crippen molar-refractivity contribution in [3.05, 3.63) is 119 Å². The van der Waals surface area contributed by atoms with Crippen LogP contribution in [0, 0.1) is 69.5 Å². The van der Waals surface area contributed by atoms with Crippen molar-refractivity contribution in [1.82, 2.24) is 4.90 Å². The van der Waals surface area contributed by atoms with Gasteiger partial charge in [-0.05, 0) is 322 Å². The Bertz CT molecular complexity index is 3780. The summed E-state index contributed by atoms with van der Waals surface area (Å²) in [5.74, 6) is 4.00. The monoisotopic (exact) mass is 1820 g/mol. The van der Waals surface area contributed by atoms with Crippen molar-refractivity contribution in [2.45, 2.75) is 446 Å². The van der Waals surface area contributed by atoms with Gasteiger partial charge in [0.1, 0.15) is 19.3 Å². The van der Waals surface area contributed by atoms with E-state index in [9.17, 15) is 14.4 Å². The minimum atomic E-state index is -2.00. The number of ether oxygens (including phenoxy) is 1. The predicted molar refractivity (Wildman–Crippen MR) is 544 cm³/mol. The first-order chi connectivity index (χ1) is 56.5. The summed E-state index contributed by atoms with van der Waals surface area (Å²) in [5, 5.41) is 0.944. The Morgan fingerprint density at radius 1 is 0.403 bits per heavy atom. The van der Waals surface area contributed by atoms with Crippen molar-refractivity contribution in [2.24, 2.45) is 69.5 Å². The smallest absolute Gasteiger partial charge is 0.247 e. The highest BCUT2D eigenvalue weighted by Crippen LogP contribution is 2.63. The normalized spacial score (nSPS) is 32.7. The molecule has 0 spiro atoms. The van der Waals surface area contributed by atoms with E-state index in [2.05, 4.69) is 307 Å². The van der Waals surface area contributed by atoms with Gasteiger partial charge in [0.2, 0.25) is 5.91 Å². The average molecular weight is 1820 g/mol. The number of hydrogen-bond acceptors (Lipinski definition) is 10.